The molecular formula is C22H24ClN3OS. The molecule has 1 fully saturated rings. The first-order valence-electron chi connectivity index (χ1n) is 9.72. The lowest BCUT2D eigenvalue weighted by Crippen LogP contribution is -2.47. The van der Waals surface area contributed by atoms with Crippen LogP contribution in [-0.4, -0.2) is 34.9 Å². The quantitative estimate of drug-likeness (QED) is 0.651. The summed E-state index contributed by atoms with van der Waals surface area (Å²) < 4.78 is 1.26. The number of amides is 1. The minimum absolute atomic E-state index is 0.0540. The summed E-state index contributed by atoms with van der Waals surface area (Å²) in [4.78, 5) is 19.7. The molecule has 1 aliphatic heterocycles. The van der Waals surface area contributed by atoms with Gasteiger partial charge < -0.3 is 5.32 Å². The first-order chi connectivity index (χ1) is 13.6. The Morgan fingerprint density at radius 1 is 1.21 bits per heavy atom. The lowest BCUT2D eigenvalue weighted by molar-refractivity contribution is -0.126. The molecular weight excluding hydrogens is 390 g/mol. The molecule has 1 amide bonds. The molecule has 3 aromatic rings. The number of aromatic nitrogens is 1. The minimum Gasteiger partial charge on any atom is -0.351 e. The van der Waals surface area contributed by atoms with Gasteiger partial charge in [-0.2, -0.15) is 0 Å². The van der Waals surface area contributed by atoms with E-state index in [-0.39, 0.29) is 11.9 Å². The third-order valence-corrected chi connectivity index (χ3v) is 7.09. The maximum atomic E-state index is 12.6. The molecule has 0 radical (unpaired) electrons. The Labute approximate surface area is 174 Å². The molecule has 0 aliphatic carbocycles. The van der Waals surface area contributed by atoms with E-state index >= 15 is 0 Å². The first kappa shape index (κ1) is 19.4. The second-order valence-corrected chi connectivity index (χ2v) is 8.78. The predicted molar refractivity (Wildman–Crippen MR) is 116 cm³/mol. The van der Waals surface area contributed by atoms with E-state index in [1.807, 2.05) is 37.3 Å². The number of carbonyl (C=O) groups is 1. The van der Waals surface area contributed by atoms with Crippen molar-refractivity contribution in [3.63, 3.8) is 0 Å². The average Bonchev–Trinajstić information content (AvgIpc) is 3.17. The highest BCUT2D eigenvalue weighted by Crippen LogP contribution is 2.34. The third kappa shape index (κ3) is 4.22. The van der Waals surface area contributed by atoms with Gasteiger partial charge in [0.05, 0.1) is 21.3 Å². The van der Waals surface area contributed by atoms with E-state index in [0.717, 1.165) is 37.0 Å². The van der Waals surface area contributed by atoms with Gasteiger partial charge in [0.1, 0.15) is 0 Å². The molecule has 0 bridgehead atoms. The van der Waals surface area contributed by atoms with E-state index in [9.17, 15) is 4.79 Å². The Morgan fingerprint density at radius 2 is 1.93 bits per heavy atom. The summed E-state index contributed by atoms with van der Waals surface area (Å²) in [6.07, 6.45) is 2.09. The number of para-hydroxylation sites is 1. The van der Waals surface area contributed by atoms with E-state index < -0.39 is 0 Å². The maximum absolute atomic E-state index is 12.6. The van der Waals surface area contributed by atoms with Gasteiger partial charge in [-0.1, -0.05) is 41.9 Å². The number of hydrogen-bond donors (Lipinski definition) is 1. The standard InChI is InChI=1S/C22H24ClN3OS/c1-15(21(27)24-14-17-6-2-3-7-18(17)23)26-12-10-16(11-13-26)22-25-19-8-4-5-9-20(19)28-22/h2-9,15-16H,10-14H2,1H3,(H,24,27). The average molecular weight is 414 g/mol. The van der Waals surface area contributed by atoms with Gasteiger partial charge in [-0.3, -0.25) is 9.69 Å². The van der Waals surface area contributed by atoms with Crippen molar-refractivity contribution in [2.24, 2.45) is 0 Å². The molecule has 4 rings (SSSR count). The van der Waals surface area contributed by atoms with Gasteiger partial charge in [0, 0.05) is 17.5 Å². The van der Waals surface area contributed by atoms with Crippen molar-refractivity contribution >= 4 is 39.1 Å². The maximum Gasteiger partial charge on any atom is 0.237 e. The number of rotatable bonds is 5. The minimum atomic E-state index is -0.140. The zero-order valence-electron chi connectivity index (χ0n) is 15.9. The summed E-state index contributed by atoms with van der Waals surface area (Å²) in [7, 11) is 0. The van der Waals surface area contributed by atoms with Gasteiger partial charge in [-0.15, -0.1) is 11.3 Å². The number of piperidine rings is 1. The van der Waals surface area contributed by atoms with E-state index in [1.54, 1.807) is 11.3 Å². The van der Waals surface area contributed by atoms with Crippen LogP contribution in [0.3, 0.4) is 0 Å². The Hall–Kier alpha value is -1.95. The van der Waals surface area contributed by atoms with Crippen LogP contribution in [0.5, 0.6) is 0 Å². The molecule has 146 valence electrons. The van der Waals surface area contributed by atoms with Gasteiger partial charge in [-0.25, -0.2) is 4.98 Å². The zero-order valence-corrected chi connectivity index (χ0v) is 17.5. The molecule has 4 nitrogen and oxygen atoms in total. The number of carbonyl (C=O) groups excluding carboxylic acids is 1. The Balaban J connectivity index is 1.31. The number of halogens is 1. The summed E-state index contributed by atoms with van der Waals surface area (Å²) in [6, 6.07) is 15.8. The van der Waals surface area contributed by atoms with Crippen molar-refractivity contribution < 1.29 is 4.79 Å². The van der Waals surface area contributed by atoms with Crippen LogP contribution < -0.4 is 5.32 Å². The molecule has 0 saturated carbocycles. The number of fused-ring (bicyclic) bond motifs is 1. The normalized spacial score (nSPS) is 16.9. The van der Waals surface area contributed by atoms with Crippen molar-refractivity contribution in [2.45, 2.75) is 38.3 Å². The molecule has 0 spiro atoms. The van der Waals surface area contributed by atoms with E-state index in [4.69, 9.17) is 16.6 Å². The summed E-state index contributed by atoms with van der Waals surface area (Å²) in [5.74, 6) is 0.547. The van der Waals surface area contributed by atoms with E-state index in [1.165, 1.54) is 9.71 Å². The van der Waals surface area contributed by atoms with Crippen LogP contribution in [0.1, 0.15) is 36.3 Å². The molecule has 1 saturated heterocycles. The predicted octanol–water partition coefficient (Wildman–Crippen LogP) is 4.83. The summed E-state index contributed by atoms with van der Waals surface area (Å²) in [5.41, 5.74) is 2.04. The van der Waals surface area contributed by atoms with Crippen molar-refractivity contribution in [2.75, 3.05) is 13.1 Å². The molecule has 2 heterocycles. The van der Waals surface area contributed by atoms with Crippen LogP contribution in [0.25, 0.3) is 10.2 Å². The zero-order chi connectivity index (χ0) is 19.5. The van der Waals surface area contributed by atoms with Crippen molar-refractivity contribution in [1.29, 1.82) is 0 Å². The second-order valence-electron chi connectivity index (χ2n) is 7.32. The molecule has 1 aliphatic rings. The molecule has 1 atom stereocenters. The lowest BCUT2D eigenvalue weighted by atomic mass is 9.96. The molecule has 28 heavy (non-hydrogen) atoms. The summed E-state index contributed by atoms with van der Waals surface area (Å²) in [6.45, 7) is 4.29. The van der Waals surface area contributed by atoms with Crippen LogP contribution >= 0.6 is 22.9 Å². The molecule has 2 aromatic carbocycles. The highest BCUT2D eigenvalue weighted by Gasteiger charge is 2.28. The highest BCUT2D eigenvalue weighted by molar-refractivity contribution is 7.18. The summed E-state index contributed by atoms with van der Waals surface area (Å²) in [5, 5.41) is 4.94. The largest absolute Gasteiger partial charge is 0.351 e. The van der Waals surface area contributed by atoms with Gasteiger partial charge in [0.15, 0.2) is 0 Å². The van der Waals surface area contributed by atoms with E-state index in [0.29, 0.717) is 17.5 Å². The number of benzene rings is 2. The topological polar surface area (TPSA) is 45.2 Å². The SMILES string of the molecule is CC(C(=O)NCc1ccccc1Cl)N1CCC(c2nc3ccccc3s2)CC1. The Morgan fingerprint density at radius 3 is 2.68 bits per heavy atom. The fraction of sp³-hybridized carbons (Fsp3) is 0.364. The number of likely N-dealkylation sites (tertiary alicyclic amines) is 1. The number of hydrogen-bond acceptors (Lipinski definition) is 4. The number of thiazole rings is 1. The van der Waals surface area contributed by atoms with E-state index in [2.05, 4.69) is 28.4 Å². The Bertz CT molecular complexity index is 932. The summed E-state index contributed by atoms with van der Waals surface area (Å²) >= 11 is 7.98. The molecule has 1 unspecified atom stereocenters. The number of nitrogens with zero attached hydrogens (tertiary/aromatic N) is 2. The van der Waals surface area contributed by atoms with Crippen LogP contribution in [0, 0.1) is 0 Å². The third-order valence-electron chi connectivity index (χ3n) is 5.53. The van der Waals surface area contributed by atoms with Crippen LogP contribution in [0.15, 0.2) is 48.5 Å². The van der Waals surface area contributed by atoms with Crippen LogP contribution in [-0.2, 0) is 11.3 Å². The van der Waals surface area contributed by atoms with Crippen LogP contribution in [0.2, 0.25) is 5.02 Å². The molecule has 1 N–H and O–H groups in total. The number of nitrogens with one attached hydrogen (secondary N) is 1. The smallest absolute Gasteiger partial charge is 0.237 e. The molecule has 1 aromatic heterocycles. The first-order valence-corrected chi connectivity index (χ1v) is 10.9. The van der Waals surface area contributed by atoms with Gasteiger partial charge in [0.2, 0.25) is 5.91 Å². The van der Waals surface area contributed by atoms with Crippen LogP contribution in [0.4, 0.5) is 0 Å². The van der Waals surface area contributed by atoms with Gasteiger partial charge in [0.25, 0.3) is 0 Å². The molecule has 6 heteroatoms. The fourth-order valence-electron chi connectivity index (χ4n) is 3.74. The fourth-order valence-corrected chi connectivity index (χ4v) is 5.08. The lowest BCUT2D eigenvalue weighted by Gasteiger charge is -2.34. The van der Waals surface area contributed by atoms with Crippen molar-refractivity contribution in [3.05, 3.63) is 64.1 Å². The Kier molecular flexibility index (Phi) is 5.95. The highest BCUT2D eigenvalue weighted by atomic mass is 35.5. The van der Waals surface area contributed by atoms with Gasteiger partial charge in [-0.05, 0) is 56.6 Å². The monoisotopic (exact) mass is 413 g/mol. The van der Waals surface area contributed by atoms with Gasteiger partial charge >= 0.3 is 0 Å². The van der Waals surface area contributed by atoms with Crippen molar-refractivity contribution in [1.82, 2.24) is 15.2 Å². The second kappa shape index (κ2) is 8.60. The van der Waals surface area contributed by atoms with Crippen molar-refractivity contribution in [3.8, 4) is 0 Å².